The second-order valence-electron chi connectivity index (χ2n) is 0.0745. The van der Waals surface area contributed by atoms with Gasteiger partial charge in [0.1, 0.15) is 0 Å². The largest absolute Gasteiger partial charge is 0 e. The number of hydrogen-bond acceptors (Lipinski definition) is 1. The Morgan fingerprint density at radius 2 is 1.75 bits per heavy atom. The molecule has 0 rings (SSSR count). The van der Waals surface area contributed by atoms with E-state index in [0.29, 0.717) is 0 Å². The standard InChI is InChI=1S/Mo.O.Sb.V. The summed E-state index contributed by atoms with van der Waals surface area (Å²) in [7, 11) is 0. The fraction of sp³-hybridized carbons (Fsp3) is 0. The van der Waals surface area contributed by atoms with Crippen molar-refractivity contribution >= 4 is 18.3 Å². The van der Waals surface area contributed by atoms with Crippen LogP contribution in [0, 0.1) is 0 Å². The van der Waals surface area contributed by atoms with Gasteiger partial charge in [0, 0.05) is 18.6 Å². The Labute approximate surface area is 55.2 Å². The maximum Gasteiger partial charge on any atom is 0 e. The van der Waals surface area contributed by atoms with Crippen molar-refractivity contribution in [3.8, 4) is 0 Å². The van der Waals surface area contributed by atoms with Gasteiger partial charge < -0.3 is 0 Å². The second-order valence-corrected chi connectivity index (χ2v) is 2.96. The summed E-state index contributed by atoms with van der Waals surface area (Å²) in [5.41, 5.74) is 0. The van der Waals surface area contributed by atoms with Gasteiger partial charge in [-0.3, -0.25) is 0 Å². The molecule has 1 radical (unpaired) electrons. The van der Waals surface area contributed by atoms with E-state index in [1.54, 1.807) is 16.0 Å². The quantitative estimate of drug-likeness (QED) is 0.548. The molecule has 22 valence electrons. The molecule has 0 aliphatic carbocycles. The topological polar surface area (TPSA) is 17.1 Å². The molecule has 0 aromatic heterocycles. The molecule has 0 aromatic rings. The Kier molecular flexibility index (Phi) is 20.6. The average molecular weight is 285 g/mol. The van der Waals surface area contributed by atoms with Gasteiger partial charge in [0.25, 0.3) is 0 Å². The van der Waals surface area contributed by atoms with Crippen LogP contribution in [0.2, 0.25) is 0 Å². The summed E-state index contributed by atoms with van der Waals surface area (Å²) in [6.45, 7) is 0. The summed E-state index contributed by atoms with van der Waals surface area (Å²) in [5.74, 6) is 0. The van der Waals surface area contributed by atoms with E-state index in [2.05, 4.69) is 0 Å². The van der Waals surface area contributed by atoms with E-state index in [4.69, 9.17) is 3.02 Å². The Morgan fingerprint density at radius 1 is 1.75 bits per heavy atom. The van der Waals surface area contributed by atoms with Crippen molar-refractivity contribution in [1.29, 1.82) is 0 Å². The van der Waals surface area contributed by atoms with Gasteiger partial charge in [-0.05, 0) is 0 Å². The minimum atomic E-state index is -0.890. The number of rotatable bonds is 0. The van der Waals surface area contributed by atoms with Crippen LogP contribution in [0.3, 0.4) is 0 Å². The first kappa shape index (κ1) is 9.31. The second kappa shape index (κ2) is 8.86. The van der Waals surface area contributed by atoms with Crippen molar-refractivity contribution < 1.29 is 37.6 Å². The zero-order valence-electron chi connectivity index (χ0n) is 1.71. The van der Waals surface area contributed by atoms with Crippen molar-refractivity contribution in [2.45, 2.75) is 0 Å². The molecular formula is MoOSbV. The van der Waals surface area contributed by atoms with E-state index >= 15 is 0 Å². The monoisotopic (exact) mass is 286 g/mol. The van der Waals surface area contributed by atoms with E-state index in [0.717, 1.165) is 0 Å². The first-order chi connectivity index (χ1) is 1.41. The fourth-order valence-corrected chi connectivity index (χ4v) is 0. The Hall–Kier alpha value is 1.89. The molecule has 0 aliphatic heterocycles. The molecule has 0 aliphatic rings. The third-order valence-corrected chi connectivity index (χ3v) is 0. The molecule has 4 heteroatoms. The van der Waals surface area contributed by atoms with Crippen molar-refractivity contribution in [1.82, 2.24) is 0 Å². The van der Waals surface area contributed by atoms with Gasteiger partial charge in [-0.2, -0.15) is 0 Å². The molecule has 0 spiro atoms. The van der Waals surface area contributed by atoms with Gasteiger partial charge in [0.15, 0.2) is 0 Å². The van der Waals surface area contributed by atoms with Crippen LogP contribution in [-0.4, -0.2) is 18.3 Å². The van der Waals surface area contributed by atoms with E-state index in [9.17, 15) is 0 Å². The molecule has 0 fully saturated rings. The predicted molar refractivity (Wildman–Crippen MR) is 6.44 cm³/mol. The Bertz CT molecular complexity index is 15.5. The van der Waals surface area contributed by atoms with Gasteiger partial charge in [0.05, 0.1) is 0 Å². The molecule has 1 nitrogen and oxygen atoms in total. The Balaban J connectivity index is 0. The summed E-state index contributed by atoms with van der Waals surface area (Å²) >= 11 is 0.775. The van der Waals surface area contributed by atoms with Crippen molar-refractivity contribution in [3.05, 3.63) is 0 Å². The molecule has 0 heterocycles. The minimum absolute atomic E-state index is 0. The van der Waals surface area contributed by atoms with Crippen LogP contribution in [0.4, 0.5) is 0 Å². The van der Waals surface area contributed by atoms with E-state index in [-0.39, 0.29) is 18.6 Å². The molecule has 0 N–H and O–H groups in total. The van der Waals surface area contributed by atoms with Gasteiger partial charge in [0.2, 0.25) is 0 Å². The van der Waals surface area contributed by atoms with Crippen LogP contribution >= 0.6 is 0 Å². The summed E-state index contributed by atoms with van der Waals surface area (Å²) < 4.78 is 9.09. The summed E-state index contributed by atoms with van der Waals surface area (Å²) in [6, 6.07) is 0. The smallest absolute Gasteiger partial charge is 0 e. The van der Waals surface area contributed by atoms with Gasteiger partial charge in [-0.25, -0.2) is 0 Å². The van der Waals surface area contributed by atoms with Crippen LogP contribution in [0.1, 0.15) is 0 Å². The van der Waals surface area contributed by atoms with E-state index in [1.165, 1.54) is 0 Å². The van der Waals surface area contributed by atoms with Crippen LogP contribution in [0.5, 0.6) is 0 Å². The van der Waals surface area contributed by atoms with Gasteiger partial charge in [-0.15, -0.1) is 0 Å². The van der Waals surface area contributed by atoms with Gasteiger partial charge in [-0.1, -0.05) is 0 Å². The molecule has 0 amide bonds. The average Bonchev–Trinajstić information content (AvgIpc) is 0.918. The van der Waals surface area contributed by atoms with Crippen molar-refractivity contribution in [2.75, 3.05) is 0 Å². The SMILES string of the molecule is [O]=[Sb][Mo].[V]. The molecule has 0 bridgehead atoms. The third kappa shape index (κ3) is 9.09. The molecule has 0 unspecified atom stereocenters. The van der Waals surface area contributed by atoms with E-state index in [1.807, 2.05) is 0 Å². The van der Waals surface area contributed by atoms with Crippen LogP contribution in [0.15, 0.2) is 0 Å². The Morgan fingerprint density at radius 3 is 1.75 bits per heavy atom. The summed E-state index contributed by atoms with van der Waals surface area (Å²) in [4.78, 5) is 0. The van der Waals surface area contributed by atoms with Crippen LogP contribution < -0.4 is 0 Å². The zero-order valence-corrected chi connectivity index (χ0v) is 7.67. The molecule has 0 saturated heterocycles. The van der Waals surface area contributed by atoms with Crippen molar-refractivity contribution in [2.24, 2.45) is 0 Å². The predicted octanol–water partition coefficient (Wildman–Crippen LogP) is -0.505. The molecular weight excluding hydrogens is 285 g/mol. The van der Waals surface area contributed by atoms with Crippen LogP contribution in [0.25, 0.3) is 0 Å². The first-order valence-corrected chi connectivity index (χ1v) is 8.47. The molecule has 0 atom stereocenters. The minimum Gasteiger partial charge on any atom is 0 e. The summed E-state index contributed by atoms with van der Waals surface area (Å²) in [6.07, 6.45) is 0. The molecule has 0 saturated carbocycles. The maximum absolute atomic E-state index is 9.09. The molecule has 4 heavy (non-hydrogen) atoms. The first-order valence-electron chi connectivity index (χ1n) is 0.365. The fourth-order valence-electron chi connectivity index (χ4n) is 0. The number of hydrogen-bond donors (Lipinski definition) is 0. The summed E-state index contributed by atoms with van der Waals surface area (Å²) in [5, 5.41) is 0. The normalized spacial score (nSPS) is 3.00. The van der Waals surface area contributed by atoms with Gasteiger partial charge >= 0.3 is 37.4 Å². The van der Waals surface area contributed by atoms with Crippen LogP contribution in [-0.2, 0) is 37.6 Å². The zero-order chi connectivity index (χ0) is 2.71. The maximum atomic E-state index is 9.09. The third-order valence-electron chi connectivity index (χ3n) is 0. The van der Waals surface area contributed by atoms with Crippen molar-refractivity contribution in [3.63, 3.8) is 0 Å². The van der Waals surface area contributed by atoms with E-state index < -0.39 is 18.3 Å². The molecule has 0 aromatic carbocycles.